The zero-order valence-corrected chi connectivity index (χ0v) is 10.2. The van der Waals surface area contributed by atoms with Crippen molar-refractivity contribution >= 4 is 11.8 Å². The molecule has 2 bridgehead atoms. The average Bonchev–Trinajstić information content (AvgIpc) is 2.91. The molecular formula is C13H18N2O2. The van der Waals surface area contributed by atoms with E-state index in [1.807, 2.05) is 11.8 Å². The molecule has 0 aromatic heterocycles. The van der Waals surface area contributed by atoms with Crippen LogP contribution in [0, 0.1) is 11.8 Å². The van der Waals surface area contributed by atoms with Gasteiger partial charge in [0.25, 0.3) is 0 Å². The highest BCUT2D eigenvalue weighted by molar-refractivity contribution is 6.05. The summed E-state index contributed by atoms with van der Waals surface area (Å²) in [6.45, 7) is 2.72. The fourth-order valence-electron chi connectivity index (χ4n) is 5.07. The molecule has 2 amide bonds. The molecule has 4 heteroatoms. The van der Waals surface area contributed by atoms with Gasteiger partial charge in [-0.3, -0.25) is 9.59 Å². The molecular weight excluding hydrogens is 216 g/mol. The predicted octanol–water partition coefficient (Wildman–Crippen LogP) is 0.666. The highest BCUT2D eigenvalue weighted by Gasteiger charge is 2.72. The van der Waals surface area contributed by atoms with Crippen LogP contribution in [0.5, 0.6) is 0 Å². The minimum Gasteiger partial charge on any atom is -0.340 e. The van der Waals surface area contributed by atoms with E-state index in [4.69, 9.17) is 0 Å². The maximum Gasteiger partial charge on any atom is 0.249 e. The van der Waals surface area contributed by atoms with Crippen LogP contribution >= 0.6 is 0 Å². The molecule has 5 rings (SSSR count). The number of piperidine rings is 2. The van der Waals surface area contributed by atoms with Crippen LogP contribution in [-0.2, 0) is 9.59 Å². The number of nitrogens with zero attached hydrogens (tertiary/aromatic N) is 1. The van der Waals surface area contributed by atoms with Gasteiger partial charge in [0, 0.05) is 6.54 Å². The number of fused-ring (bicyclic) bond motifs is 1. The Kier molecular flexibility index (Phi) is 1.56. The molecule has 92 valence electrons. The maximum atomic E-state index is 12.6. The normalized spacial score (nSPS) is 51.5. The Morgan fingerprint density at radius 3 is 2.82 bits per heavy atom. The van der Waals surface area contributed by atoms with Crippen molar-refractivity contribution in [3.63, 3.8) is 0 Å². The smallest absolute Gasteiger partial charge is 0.249 e. The molecule has 0 aromatic rings. The molecule has 17 heavy (non-hydrogen) atoms. The summed E-state index contributed by atoms with van der Waals surface area (Å²) in [6, 6.07) is 0. The van der Waals surface area contributed by atoms with Crippen LogP contribution in [0.2, 0.25) is 0 Å². The molecule has 0 aromatic carbocycles. The molecule has 1 aliphatic carbocycles. The molecule has 4 heterocycles. The molecule has 1 N–H and O–H groups in total. The van der Waals surface area contributed by atoms with E-state index in [1.54, 1.807) is 0 Å². The molecule has 4 saturated heterocycles. The van der Waals surface area contributed by atoms with Gasteiger partial charge >= 0.3 is 0 Å². The van der Waals surface area contributed by atoms with Gasteiger partial charge in [0.15, 0.2) is 0 Å². The Balaban J connectivity index is 1.95. The molecule has 1 spiro atoms. The summed E-state index contributed by atoms with van der Waals surface area (Å²) in [5, 5.41) is 3.05. The fourth-order valence-corrected chi connectivity index (χ4v) is 5.07. The lowest BCUT2D eigenvalue weighted by atomic mass is 9.60. The first-order chi connectivity index (χ1) is 8.10. The molecule has 4 nitrogen and oxygen atoms in total. The number of rotatable bonds is 0. The van der Waals surface area contributed by atoms with Gasteiger partial charge in [-0.05, 0) is 44.4 Å². The number of amides is 2. The first-order valence-corrected chi connectivity index (χ1v) is 6.75. The third-order valence-electron chi connectivity index (χ3n) is 5.75. The number of hydrogen-bond acceptors (Lipinski definition) is 2. The zero-order chi connectivity index (χ0) is 11.8. The van der Waals surface area contributed by atoms with Gasteiger partial charge in [-0.25, -0.2) is 0 Å². The van der Waals surface area contributed by atoms with Gasteiger partial charge in [0.05, 0.1) is 0 Å². The van der Waals surface area contributed by atoms with Gasteiger partial charge in [-0.15, -0.1) is 0 Å². The van der Waals surface area contributed by atoms with Gasteiger partial charge in [-0.2, -0.15) is 0 Å². The number of nitrogens with one attached hydrogen (secondary N) is 1. The molecule has 0 radical (unpaired) electrons. The van der Waals surface area contributed by atoms with Crippen molar-refractivity contribution in [3.8, 4) is 0 Å². The highest BCUT2D eigenvalue weighted by Crippen LogP contribution is 2.58. The van der Waals surface area contributed by atoms with Crippen LogP contribution in [0.3, 0.4) is 0 Å². The van der Waals surface area contributed by atoms with Crippen molar-refractivity contribution in [2.24, 2.45) is 11.8 Å². The summed E-state index contributed by atoms with van der Waals surface area (Å²) >= 11 is 0. The molecule has 1 saturated carbocycles. The number of carbonyl (C=O) groups excluding carboxylic acids is 2. The zero-order valence-electron chi connectivity index (χ0n) is 10.2. The number of piperazine rings is 1. The Morgan fingerprint density at radius 1 is 1.24 bits per heavy atom. The van der Waals surface area contributed by atoms with Gasteiger partial charge < -0.3 is 10.2 Å². The van der Waals surface area contributed by atoms with E-state index in [-0.39, 0.29) is 11.8 Å². The molecule has 5 aliphatic rings. The summed E-state index contributed by atoms with van der Waals surface area (Å²) in [5.41, 5.74) is -1.07. The van der Waals surface area contributed by atoms with E-state index < -0.39 is 11.1 Å². The van der Waals surface area contributed by atoms with Crippen molar-refractivity contribution < 1.29 is 9.59 Å². The van der Waals surface area contributed by atoms with Crippen LogP contribution in [0.15, 0.2) is 0 Å². The van der Waals surface area contributed by atoms with Crippen LogP contribution in [0.4, 0.5) is 0 Å². The largest absolute Gasteiger partial charge is 0.340 e. The van der Waals surface area contributed by atoms with E-state index in [1.165, 1.54) is 6.42 Å². The van der Waals surface area contributed by atoms with Crippen molar-refractivity contribution in [1.82, 2.24) is 10.2 Å². The average molecular weight is 234 g/mol. The van der Waals surface area contributed by atoms with Crippen LogP contribution in [-0.4, -0.2) is 34.3 Å². The van der Waals surface area contributed by atoms with Crippen LogP contribution in [0.25, 0.3) is 0 Å². The first kappa shape index (κ1) is 9.92. The summed E-state index contributed by atoms with van der Waals surface area (Å²) in [5.74, 6) is 1.10. The second-order valence-electron chi connectivity index (χ2n) is 6.28. The van der Waals surface area contributed by atoms with E-state index in [0.29, 0.717) is 11.8 Å². The SMILES string of the molecule is C[C@]12NC(=O)[C@@]3(CCCN3C1=O)[C@@H]1CCC[C@@H]12. The topological polar surface area (TPSA) is 49.4 Å². The van der Waals surface area contributed by atoms with E-state index >= 15 is 0 Å². The van der Waals surface area contributed by atoms with E-state index in [0.717, 1.165) is 32.2 Å². The highest BCUT2D eigenvalue weighted by atomic mass is 16.2. The Hall–Kier alpha value is -1.06. The first-order valence-electron chi connectivity index (χ1n) is 6.75. The minimum absolute atomic E-state index is 0.125. The third kappa shape index (κ3) is 0.829. The summed E-state index contributed by atoms with van der Waals surface area (Å²) in [7, 11) is 0. The number of hydrogen-bond donors (Lipinski definition) is 1. The maximum absolute atomic E-state index is 12.6. The molecule has 4 aliphatic heterocycles. The molecule has 0 unspecified atom stereocenters. The van der Waals surface area contributed by atoms with Crippen molar-refractivity contribution in [3.05, 3.63) is 0 Å². The third-order valence-corrected chi connectivity index (χ3v) is 5.75. The fraction of sp³-hybridized carbons (Fsp3) is 0.846. The predicted molar refractivity (Wildman–Crippen MR) is 61.1 cm³/mol. The standard InChI is InChI=1S/C13H18N2O2/c1-12-8-4-2-5-9(8)13(10(16)14-12)6-3-7-15(13)11(12)17/h8-9H,2-7H2,1H3,(H,14,16)/t8-,9+,12+,13+/m0/s1. The number of carbonyl (C=O) groups is 2. The van der Waals surface area contributed by atoms with Crippen molar-refractivity contribution in [2.45, 2.75) is 50.1 Å². The molecule has 4 atom stereocenters. The second kappa shape index (κ2) is 2.68. The summed E-state index contributed by atoms with van der Waals surface area (Å²) in [4.78, 5) is 26.9. The summed E-state index contributed by atoms with van der Waals surface area (Å²) in [6.07, 6.45) is 5.25. The monoisotopic (exact) mass is 234 g/mol. The van der Waals surface area contributed by atoms with Crippen LogP contribution < -0.4 is 5.32 Å². The Morgan fingerprint density at radius 2 is 2.00 bits per heavy atom. The minimum atomic E-state index is -0.607. The quantitative estimate of drug-likeness (QED) is 0.669. The summed E-state index contributed by atoms with van der Waals surface area (Å²) < 4.78 is 0. The Bertz CT molecular complexity index is 435. The lowest BCUT2D eigenvalue weighted by molar-refractivity contribution is -0.180. The van der Waals surface area contributed by atoms with Crippen molar-refractivity contribution in [2.75, 3.05) is 6.54 Å². The second-order valence-corrected chi connectivity index (χ2v) is 6.28. The molecule has 5 fully saturated rings. The van der Waals surface area contributed by atoms with Gasteiger partial charge in [-0.1, -0.05) is 6.42 Å². The van der Waals surface area contributed by atoms with E-state index in [2.05, 4.69) is 5.32 Å². The van der Waals surface area contributed by atoms with E-state index in [9.17, 15) is 9.59 Å². The lowest BCUT2D eigenvalue weighted by Gasteiger charge is -2.60. The van der Waals surface area contributed by atoms with Gasteiger partial charge in [0.1, 0.15) is 11.1 Å². The van der Waals surface area contributed by atoms with Crippen molar-refractivity contribution in [1.29, 1.82) is 0 Å². The lowest BCUT2D eigenvalue weighted by Crippen LogP contribution is -2.83. The Labute approximate surface area is 101 Å². The van der Waals surface area contributed by atoms with Crippen LogP contribution in [0.1, 0.15) is 39.0 Å². The van der Waals surface area contributed by atoms with Gasteiger partial charge in [0.2, 0.25) is 11.8 Å².